The van der Waals surface area contributed by atoms with E-state index in [0.717, 1.165) is 11.3 Å². The summed E-state index contributed by atoms with van der Waals surface area (Å²) in [5.41, 5.74) is 2.32. The Bertz CT molecular complexity index is 1020. The summed E-state index contributed by atoms with van der Waals surface area (Å²) in [6.07, 6.45) is 0. The summed E-state index contributed by atoms with van der Waals surface area (Å²) >= 11 is 1.43. The lowest BCUT2D eigenvalue weighted by Gasteiger charge is -2.18. The van der Waals surface area contributed by atoms with Gasteiger partial charge in [0.25, 0.3) is 5.56 Å². The van der Waals surface area contributed by atoms with E-state index in [1.807, 2.05) is 24.3 Å². The number of rotatable bonds is 8. The first-order valence-electron chi connectivity index (χ1n) is 8.73. The second-order valence-electron chi connectivity index (χ2n) is 6.35. The van der Waals surface area contributed by atoms with E-state index < -0.39 is 6.61 Å². The minimum Gasteiger partial charge on any atom is -0.490 e. The summed E-state index contributed by atoms with van der Waals surface area (Å²) in [5, 5.41) is 1.90. The average Bonchev–Trinajstić information content (AvgIpc) is 2.98. The molecule has 0 saturated carbocycles. The van der Waals surface area contributed by atoms with Crippen LogP contribution >= 0.6 is 11.3 Å². The molecule has 9 heteroatoms. The fourth-order valence-electron chi connectivity index (χ4n) is 2.94. The van der Waals surface area contributed by atoms with Gasteiger partial charge in [0.1, 0.15) is 0 Å². The molecule has 0 bridgehead atoms. The largest absolute Gasteiger partial charge is 0.490 e. The lowest BCUT2D eigenvalue weighted by molar-refractivity contribution is -0.0514. The number of ether oxygens (including phenoxy) is 2. The predicted molar refractivity (Wildman–Crippen MR) is 103 cm³/mol. The van der Waals surface area contributed by atoms with E-state index in [4.69, 9.17) is 4.74 Å². The lowest BCUT2D eigenvalue weighted by Crippen LogP contribution is -2.21. The van der Waals surface area contributed by atoms with Crippen LogP contribution in [0.2, 0.25) is 0 Å². The number of fused-ring (bicyclic) bond motifs is 1. The molecule has 0 N–H and O–H groups in total. The fraction of sp³-hybridized carbons (Fsp3) is 0.368. The average molecular weight is 409 g/mol. The Kier molecular flexibility index (Phi) is 6.25. The van der Waals surface area contributed by atoms with Gasteiger partial charge in [-0.15, -0.1) is 11.3 Å². The molecule has 0 radical (unpaired) electrons. The van der Waals surface area contributed by atoms with E-state index in [0.29, 0.717) is 30.4 Å². The Morgan fingerprint density at radius 2 is 2.04 bits per heavy atom. The summed E-state index contributed by atoms with van der Waals surface area (Å²) in [5.74, 6) is 0.289. The zero-order valence-corrected chi connectivity index (χ0v) is 16.6. The lowest BCUT2D eigenvalue weighted by atomic mass is 10.2. The Hall–Kier alpha value is -2.52. The van der Waals surface area contributed by atoms with E-state index in [9.17, 15) is 13.6 Å². The molecule has 6 nitrogen and oxygen atoms in total. The van der Waals surface area contributed by atoms with Crippen molar-refractivity contribution in [3.63, 3.8) is 0 Å². The molecule has 1 aromatic carbocycles. The van der Waals surface area contributed by atoms with E-state index in [-0.39, 0.29) is 17.1 Å². The zero-order valence-electron chi connectivity index (χ0n) is 15.8. The minimum atomic E-state index is -2.91. The van der Waals surface area contributed by atoms with Gasteiger partial charge in [0.05, 0.1) is 12.3 Å². The number of alkyl halides is 2. The molecule has 2 heterocycles. The predicted octanol–water partition coefficient (Wildman–Crippen LogP) is 3.70. The van der Waals surface area contributed by atoms with Crippen molar-refractivity contribution in [2.24, 2.45) is 0 Å². The van der Waals surface area contributed by atoms with Gasteiger partial charge in [-0.2, -0.15) is 8.78 Å². The molecule has 0 aliphatic carbocycles. The molecule has 0 amide bonds. The number of benzene rings is 1. The highest BCUT2D eigenvalue weighted by Gasteiger charge is 2.13. The molecule has 0 aliphatic rings. The Morgan fingerprint density at radius 3 is 2.75 bits per heavy atom. The van der Waals surface area contributed by atoms with Crippen molar-refractivity contribution < 1.29 is 18.3 Å². The Balaban J connectivity index is 1.74. The molecule has 0 atom stereocenters. The number of halogens is 2. The first-order valence-corrected chi connectivity index (χ1v) is 9.61. The normalized spacial score (nSPS) is 11.5. The molecule has 2 aromatic heterocycles. The van der Waals surface area contributed by atoms with Crippen LogP contribution in [-0.4, -0.2) is 34.6 Å². The van der Waals surface area contributed by atoms with Gasteiger partial charge in [0.15, 0.2) is 16.5 Å². The van der Waals surface area contributed by atoms with Gasteiger partial charge < -0.3 is 9.47 Å². The molecular formula is C19H21F2N3O3S. The number of hydrogen-bond donors (Lipinski definition) is 0. The smallest absolute Gasteiger partial charge is 0.387 e. The van der Waals surface area contributed by atoms with Crippen molar-refractivity contribution in [1.82, 2.24) is 14.3 Å². The third kappa shape index (κ3) is 4.66. The van der Waals surface area contributed by atoms with Crippen LogP contribution in [0.15, 0.2) is 34.4 Å². The third-order valence-electron chi connectivity index (χ3n) is 4.04. The Labute approximate surface area is 165 Å². The summed E-state index contributed by atoms with van der Waals surface area (Å²) in [7, 11) is 1.90. The van der Waals surface area contributed by atoms with Crippen LogP contribution in [-0.2, 0) is 13.1 Å². The van der Waals surface area contributed by atoms with E-state index >= 15 is 0 Å². The van der Waals surface area contributed by atoms with Gasteiger partial charge in [-0.1, -0.05) is 6.07 Å². The number of hydrogen-bond acceptors (Lipinski definition) is 6. The maximum absolute atomic E-state index is 12.5. The number of aryl methyl sites for hydroxylation is 1. The second kappa shape index (κ2) is 8.66. The van der Waals surface area contributed by atoms with Crippen LogP contribution in [0.5, 0.6) is 11.5 Å². The molecule has 0 aliphatic heterocycles. The summed E-state index contributed by atoms with van der Waals surface area (Å²) in [6.45, 7) is 2.08. The zero-order chi connectivity index (χ0) is 20.3. The SMILES string of the molecule is CCOc1cc(CN(C)Cc2cc(=O)n3c(C)csc3n2)ccc1OC(F)F. The van der Waals surface area contributed by atoms with Gasteiger partial charge in [0.2, 0.25) is 0 Å². The van der Waals surface area contributed by atoms with Crippen LogP contribution in [0.4, 0.5) is 8.78 Å². The van der Waals surface area contributed by atoms with Gasteiger partial charge in [-0.05, 0) is 38.6 Å². The highest BCUT2D eigenvalue weighted by atomic mass is 32.1. The van der Waals surface area contributed by atoms with Crippen molar-refractivity contribution in [3.8, 4) is 11.5 Å². The van der Waals surface area contributed by atoms with E-state index in [2.05, 4.69) is 9.72 Å². The third-order valence-corrected chi connectivity index (χ3v) is 4.98. The van der Waals surface area contributed by atoms with Crippen LogP contribution in [0, 0.1) is 6.92 Å². The van der Waals surface area contributed by atoms with Gasteiger partial charge in [-0.3, -0.25) is 14.1 Å². The maximum Gasteiger partial charge on any atom is 0.387 e. The summed E-state index contributed by atoms with van der Waals surface area (Å²) in [6, 6.07) is 6.41. The molecule has 150 valence electrons. The van der Waals surface area contributed by atoms with Crippen molar-refractivity contribution in [1.29, 1.82) is 0 Å². The molecule has 3 rings (SSSR count). The highest BCUT2D eigenvalue weighted by molar-refractivity contribution is 7.15. The van der Waals surface area contributed by atoms with E-state index in [1.54, 1.807) is 23.5 Å². The van der Waals surface area contributed by atoms with Crippen LogP contribution in [0.1, 0.15) is 23.9 Å². The maximum atomic E-state index is 12.5. The quantitative estimate of drug-likeness (QED) is 0.568. The topological polar surface area (TPSA) is 56.1 Å². The standard InChI is InChI=1S/C19H21F2N3O3S/c1-4-26-16-7-13(5-6-15(16)27-18(20)21)9-23(3)10-14-8-17(25)24-12(2)11-28-19(24)22-14/h5-8,11,18H,4,9-10H2,1-3H3. The van der Waals surface area contributed by atoms with Gasteiger partial charge >= 0.3 is 6.61 Å². The summed E-state index contributed by atoms with van der Waals surface area (Å²) < 4.78 is 36.5. The van der Waals surface area contributed by atoms with Crippen LogP contribution in [0.3, 0.4) is 0 Å². The summed E-state index contributed by atoms with van der Waals surface area (Å²) in [4.78, 5) is 19.5. The molecule has 0 spiro atoms. The number of aromatic nitrogens is 2. The molecule has 3 aromatic rings. The Morgan fingerprint density at radius 1 is 1.25 bits per heavy atom. The van der Waals surface area contributed by atoms with Crippen molar-refractivity contribution in [2.75, 3.05) is 13.7 Å². The second-order valence-corrected chi connectivity index (χ2v) is 7.18. The van der Waals surface area contributed by atoms with Crippen molar-refractivity contribution in [3.05, 3.63) is 57.0 Å². The molecule has 28 heavy (non-hydrogen) atoms. The monoisotopic (exact) mass is 409 g/mol. The van der Waals surface area contributed by atoms with Gasteiger partial charge in [0, 0.05) is 30.2 Å². The number of nitrogens with zero attached hydrogens (tertiary/aromatic N) is 3. The first-order chi connectivity index (χ1) is 13.4. The van der Waals surface area contributed by atoms with Crippen LogP contribution < -0.4 is 15.0 Å². The molecular weight excluding hydrogens is 388 g/mol. The van der Waals surface area contributed by atoms with E-state index in [1.165, 1.54) is 23.5 Å². The molecule has 0 unspecified atom stereocenters. The molecule has 0 saturated heterocycles. The van der Waals surface area contributed by atoms with Crippen molar-refractivity contribution >= 4 is 16.3 Å². The molecule has 0 fully saturated rings. The minimum absolute atomic E-state index is 0.0106. The van der Waals surface area contributed by atoms with Gasteiger partial charge in [-0.25, -0.2) is 4.98 Å². The highest BCUT2D eigenvalue weighted by Crippen LogP contribution is 2.30. The number of thiazole rings is 1. The van der Waals surface area contributed by atoms with Crippen LogP contribution in [0.25, 0.3) is 4.96 Å². The van der Waals surface area contributed by atoms with Crippen molar-refractivity contribution in [2.45, 2.75) is 33.5 Å². The fourth-order valence-corrected chi connectivity index (χ4v) is 3.83. The first kappa shape index (κ1) is 20.2.